The highest BCUT2D eigenvalue weighted by Gasteiger charge is 2.19. The number of benzene rings is 1. The molecule has 1 unspecified atom stereocenters. The van der Waals surface area contributed by atoms with Crippen molar-refractivity contribution in [3.63, 3.8) is 0 Å². The highest BCUT2D eigenvalue weighted by molar-refractivity contribution is 5.58. The molecule has 0 saturated carbocycles. The summed E-state index contributed by atoms with van der Waals surface area (Å²) in [5.41, 5.74) is 3.10. The summed E-state index contributed by atoms with van der Waals surface area (Å²) in [6.45, 7) is 2.16. The molecule has 1 heterocycles. The Labute approximate surface area is 90.6 Å². The van der Waals surface area contributed by atoms with Crippen LogP contribution in [0.25, 0.3) is 0 Å². The van der Waals surface area contributed by atoms with E-state index in [2.05, 4.69) is 12.2 Å². The van der Waals surface area contributed by atoms with Gasteiger partial charge in [0.15, 0.2) is 0 Å². The Hall–Kier alpha value is -1.28. The first-order chi connectivity index (χ1) is 7.33. The second-order valence-electron chi connectivity index (χ2n) is 3.96. The molecule has 2 heteroatoms. The highest BCUT2D eigenvalue weighted by Crippen LogP contribution is 2.34. The molecule has 1 aliphatic heterocycles. The van der Waals surface area contributed by atoms with E-state index in [1.807, 2.05) is 30.5 Å². The maximum atomic E-state index is 10.1. The van der Waals surface area contributed by atoms with Gasteiger partial charge >= 0.3 is 0 Å². The molecular weight excluding hydrogens is 186 g/mol. The summed E-state index contributed by atoms with van der Waals surface area (Å²) in [7, 11) is 0. The Kier molecular flexibility index (Phi) is 3.07. The van der Waals surface area contributed by atoms with E-state index in [4.69, 9.17) is 0 Å². The minimum atomic E-state index is -0.422. The lowest BCUT2D eigenvalue weighted by atomic mass is 9.94. The molecule has 1 atom stereocenters. The van der Waals surface area contributed by atoms with Crippen LogP contribution in [0.2, 0.25) is 0 Å². The number of aliphatic hydroxyl groups is 1. The molecule has 0 bridgehead atoms. The SMILES string of the molecule is CCCCC1=CNc2ccccc2C1O. The summed E-state index contributed by atoms with van der Waals surface area (Å²) in [6.07, 6.45) is 4.79. The van der Waals surface area contributed by atoms with Gasteiger partial charge in [-0.15, -0.1) is 0 Å². The van der Waals surface area contributed by atoms with Gasteiger partial charge in [0, 0.05) is 17.5 Å². The van der Waals surface area contributed by atoms with Gasteiger partial charge in [0.1, 0.15) is 6.10 Å². The molecule has 0 fully saturated rings. The molecule has 1 aromatic rings. The maximum absolute atomic E-state index is 10.1. The Morgan fingerprint density at radius 3 is 2.93 bits per heavy atom. The van der Waals surface area contributed by atoms with Crippen LogP contribution >= 0.6 is 0 Å². The third-order valence-electron chi connectivity index (χ3n) is 2.84. The minimum absolute atomic E-state index is 0.422. The average Bonchev–Trinajstić information content (AvgIpc) is 2.29. The van der Waals surface area contributed by atoms with Crippen molar-refractivity contribution in [2.75, 3.05) is 5.32 Å². The van der Waals surface area contributed by atoms with E-state index in [0.29, 0.717) is 0 Å². The molecular formula is C13H17NO. The molecule has 15 heavy (non-hydrogen) atoms. The number of nitrogens with one attached hydrogen (secondary N) is 1. The Morgan fingerprint density at radius 1 is 1.33 bits per heavy atom. The lowest BCUT2D eigenvalue weighted by molar-refractivity contribution is 0.209. The van der Waals surface area contributed by atoms with Crippen LogP contribution < -0.4 is 5.32 Å². The average molecular weight is 203 g/mol. The van der Waals surface area contributed by atoms with Gasteiger partial charge in [-0.3, -0.25) is 0 Å². The van der Waals surface area contributed by atoms with E-state index >= 15 is 0 Å². The standard InChI is InChI=1S/C13H17NO/c1-2-3-6-10-9-14-12-8-5-4-7-11(12)13(10)15/h4-5,7-9,13-15H,2-3,6H2,1H3. The van der Waals surface area contributed by atoms with E-state index in [1.54, 1.807) is 0 Å². The number of aliphatic hydroxyl groups excluding tert-OH is 1. The largest absolute Gasteiger partial charge is 0.384 e. The van der Waals surface area contributed by atoms with Crippen LogP contribution in [0.3, 0.4) is 0 Å². The van der Waals surface area contributed by atoms with Crippen LogP contribution in [-0.2, 0) is 0 Å². The summed E-state index contributed by atoms with van der Waals surface area (Å²) >= 11 is 0. The molecule has 2 nitrogen and oxygen atoms in total. The Bertz CT molecular complexity index is 371. The van der Waals surface area contributed by atoms with Crippen molar-refractivity contribution in [3.8, 4) is 0 Å². The normalized spacial score (nSPS) is 19.1. The number of anilines is 1. The molecule has 1 aromatic carbocycles. The summed E-state index contributed by atoms with van der Waals surface area (Å²) in [5, 5.41) is 13.4. The van der Waals surface area contributed by atoms with Gasteiger partial charge in [0.2, 0.25) is 0 Å². The first-order valence-corrected chi connectivity index (χ1v) is 5.55. The van der Waals surface area contributed by atoms with Crippen LogP contribution in [0, 0.1) is 0 Å². The van der Waals surface area contributed by atoms with Crippen molar-refractivity contribution < 1.29 is 5.11 Å². The second kappa shape index (κ2) is 4.49. The Morgan fingerprint density at radius 2 is 2.13 bits per heavy atom. The van der Waals surface area contributed by atoms with Crippen LogP contribution in [0.4, 0.5) is 5.69 Å². The van der Waals surface area contributed by atoms with Crippen molar-refractivity contribution in [1.29, 1.82) is 0 Å². The van der Waals surface area contributed by atoms with E-state index in [9.17, 15) is 5.11 Å². The molecule has 2 N–H and O–H groups in total. The van der Waals surface area contributed by atoms with Gasteiger partial charge < -0.3 is 10.4 Å². The zero-order valence-corrected chi connectivity index (χ0v) is 9.03. The van der Waals surface area contributed by atoms with E-state index in [1.165, 1.54) is 0 Å². The molecule has 0 amide bonds. The topological polar surface area (TPSA) is 32.3 Å². The fraction of sp³-hybridized carbons (Fsp3) is 0.385. The van der Waals surface area contributed by atoms with Crippen molar-refractivity contribution >= 4 is 5.69 Å². The summed E-state index contributed by atoms with van der Waals surface area (Å²) in [5.74, 6) is 0. The van der Waals surface area contributed by atoms with Crippen molar-refractivity contribution in [3.05, 3.63) is 41.6 Å². The smallest absolute Gasteiger partial charge is 0.104 e. The predicted molar refractivity (Wildman–Crippen MR) is 62.6 cm³/mol. The fourth-order valence-corrected chi connectivity index (χ4v) is 1.91. The number of hydrogen-bond donors (Lipinski definition) is 2. The quantitative estimate of drug-likeness (QED) is 0.790. The number of para-hydroxylation sites is 1. The van der Waals surface area contributed by atoms with Crippen molar-refractivity contribution in [2.24, 2.45) is 0 Å². The number of hydrogen-bond acceptors (Lipinski definition) is 2. The zero-order valence-electron chi connectivity index (χ0n) is 9.03. The van der Waals surface area contributed by atoms with Gasteiger partial charge in [-0.1, -0.05) is 31.5 Å². The molecule has 0 radical (unpaired) electrons. The Balaban J connectivity index is 2.18. The monoisotopic (exact) mass is 203 g/mol. The maximum Gasteiger partial charge on any atom is 0.104 e. The van der Waals surface area contributed by atoms with E-state index in [-0.39, 0.29) is 0 Å². The number of unbranched alkanes of at least 4 members (excludes halogenated alkanes) is 1. The molecule has 0 saturated heterocycles. The predicted octanol–water partition coefficient (Wildman–Crippen LogP) is 3.22. The van der Waals surface area contributed by atoms with Gasteiger partial charge in [-0.05, 0) is 24.5 Å². The van der Waals surface area contributed by atoms with Crippen LogP contribution in [-0.4, -0.2) is 5.11 Å². The van der Waals surface area contributed by atoms with Gasteiger partial charge in [-0.25, -0.2) is 0 Å². The molecule has 1 aliphatic rings. The molecule has 0 aromatic heterocycles. The van der Waals surface area contributed by atoms with Crippen molar-refractivity contribution in [2.45, 2.75) is 32.3 Å². The lowest BCUT2D eigenvalue weighted by Gasteiger charge is -2.23. The molecule has 0 aliphatic carbocycles. The molecule has 0 spiro atoms. The van der Waals surface area contributed by atoms with Crippen LogP contribution in [0.5, 0.6) is 0 Å². The molecule has 2 rings (SSSR count). The first kappa shape index (κ1) is 10.2. The summed E-state index contributed by atoms with van der Waals surface area (Å²) in [6, 6.07) is 7.91. The molecule has 80 valence electrons. The lowest BCUT2D eigenvalue weighted by Crippen LogP contribution is -2.11. The number of fused-ring (bicyclic) bond motifs is 1. The van der Waals surface area contributed by atoms with Crippen LogP contribution in [0.15, 0.2) is 36.0 Å². The van der Waals surface area contributed by atoms with Crippen LogP contribution in [0.1, 0.15) is 37.9 Å². The number of rotatable bonds is 3. The van der Waals surface area contributed by atoms with E-state index < -0.39 is 6.10 Å². The van der Waals surface area contributed by atoms with Gasteiger partial charge in [-0.2, -0.15) is 0 Å². The highest BCUT2D eigenvalue weighted by atomic mass is 16.3. The summed E-state index contributed by atoms with van der Waals surface area (Å²) in [4.78, 5) is 0. The van der Waals surface area contributed by atoms with Gasteiger partial charge in [0.25, 0.3) is 0 Å². The zero-order chi connectivity index (χ0) is 10.7. The third kappa shape index (κ3) is 2.05. The third-order valence-corrected chi connectivity index (χ3v) is 2.84. The van der Waals surface area contributed by atoms with Crippen molar-refractivity contribution in [1.82, 2.24) is 0 Å². The van der Waals surface area contributed by atoms with E-state index in [0.717, 1.165) is 36.1 Å². The minimum Gasteiger partial charge on any atom is -0.384 e. The second-order valence-corrected chi connectivity index (χ2v) is 3.96. The summed E-state index contributed by atoms with van der Waals surface area (Å²) < 4.78 is 0. The van der Waals surface area contributed by atoms with Gasteiger partial charge in [0.05, 0.1) is 0 Å². The fourth-order valence-electron chi connectivity index (χ4n) is 1.91. The first-order valence-electron chi connectivity index (χ1n) is 5.55.